The second-order valence-electron chi connectivity index (χ2n) is 9.29. The van der Waals surface area contributed by atoms with Crippen LogP contribution in [0.4, 0.5) is 5.13 Å². The molecule has 0 fully saturated rings. The predicted octanol–water partition coefficient (Wildman–Crippen LogP) is 6.35. The molecule has 0 radical (unpaired) electrons. The molecule has 2 aromatic heterocycles. The molecule has 0 saturated heterocycles. The van der Waals surface area contributed by atoms with Crippen LogP contribution in [0.5, 0.6) is 0 Å². The van der Waals surface area contributed by atoms with E-state index in [4.69, 9.17) is 21.3 Å². The molecule has 9 heteroatoms. The van der Waals surface area contributed by atoms with Gasteiger partial charge in [0, 0.05) is 52.1 Å². The van der Waals surface area contributed by atoms with Gasteiger partial charge in [0.15, 0.2) is 11.2 Å². The average Bonchev–Trinajstić information content (AvgIpc) is 3.39. The molecule has 0 aliphatic carbocycles. The number of carbonyl (C=O) groups is 2. The monoisotopic (exact) mass is 548 g/mol. The predicted molar refractivity (Wildman–Crippen MR) is 152 cm³/mol. The van der Waals surface area contributed by atoms with Gasteiger partial charge in [-0.05, 0) is 37.6 Å². The molecule has 0 bridgehead atoms. The third-order valence-electron chi connectivity index (χ3n) is 6.66. The van der Waals surface area contributed by atoms with E-state index in [1.165, 1.54) is 11.3 Å². The number of aromatic nitrogens is 2. The lowest BCUT2D eigenvalue weighted by molar-refractivity contribution is -0.124. The molecule has 1 atom stereocenters. The molecule has 1 aliphatic rings. The molecule has 4 aromatic rings. The van der Waals surface area contributed by atoms with Crippen LogP contribution in [0.1, 0.15) is 48.3 Å². The van der Waals surface area contributed by atoms with E-state index in [9.17, 15) is 9.59 Å². The Hall–Kier alpha value is -3.33. The summed E-state index contributed by atoms with van der Waals surface area (Å²) in [6.45, 7) is 6.47. The molecule has 1 aliphatic heterocycles. The van der Waals surface area contributed by atoms with E-state index in [-0.39, 0.29) is 0 Å². The summed E-state index contributed by atoms with van der Waals surface area (Å²) in [7, 11) is 0. The molecule has 0 saturated carbocycles. The van der Waals surface area contributed by atoms with Gasteiger partial charge in [0.2, 0.25) is 0 Å². The minimum Gasteiger partial charge on any atom is -0.449 e. The van der Waals surface area contributed by atoms with Gasteiger partial charge >= 0.3 is 5.97 Å². The van der Waals surface area contributed by atoms with Gasteiger partial charge in [-0.25, -0.2) is 9.78 Å². The van der Waals surface area contributed by atoms with E-state index >= 15 is 0 Å². The normalized spacial score (nSPS) is 14.2. The molecule has 2 aromatic carbocycles. The average molecular weight is 549 g/mol. The molecule has 1 unspecified atom stereocenters. The number of rotatable bonds is 8. The standard InChI is InChI=1S/C29H29ClN4O3S/c1-3-14-34-15-13-23-21(16-34)26(20-7-5-6-8-22(20)31-23)28(36)37-25(4-2)27(35)33-29-32-24(17-38-29)18-9-11-19(30)12-10-18/h5-12,17,25H,3-4,13-16H2,1-2H3,(H,32,33,35). The van der Waals surface area contributed by atoms with E-state index in [0.717, 1.165) is 59.3 Å². The summed E-state index contributed by atoms with van der Waals surface area (Å²) >= 11 is 7.30. The third-order valence-corrected chi connectivity index (χ3v) is 7.67. The summed E-state index contributed by atoms with van der Waals surface area (Å²) in [5.74, 6) is -0.904. The fourth-order valence-corrected chi connectivity index (χ4v) is 5.62. The molecular formula is C29H29ClN4O3S. The van der Waals surface area contributed by atoms with Crippen molar-refractivity contribution in [3.05, 3.63) is 75.8 Å². The molecule has 3 heterocycles. The van der Waals surface area contributed by atoms with E-state index in [0.29, 0.717) is 28.7 Å². The number of esters is 1. The van der Waals surface area contributed by atoms with Crippen molar-refractivity contribution in [3.63, 3.8) is 0 Å². The fourth-order valence-electron chi connectivity index (χ4n) is 4.77. The van der Waals surface area contributed by atoms with E-state index in [2.05, 4.69) is 22.1 Å². The van der Waals surface area contributed by atoms with Crippen LogP contribution in [0.15, 0.2) is 53.9 Å². The molecule has 38 heavy (non-hydrogen) atoms. The smallest absolute Gasteiger partial charge is 0.340 e. The number of anilines is 1. The summed E-state index contributed by atoms with van der Waals surface area (Å²) in [5, 5.41) is 6.52. The first-order chi connectivity index (χ1) is 18.5. The van der Waals surface area contributed by atoms with Crippen molar-refractivity contribution in [3.8, 4) is 11.3 Å². The zero-order valence-electron chi connectivity index (χ0n) is 21.4. The Kier molecular flexibility index (Phi) is 8.02. The second kappa shape index (κ2) is 11.6. The number of amides is 1. The Balaban J connectivity index is 1.37. The number of benzene rings is 2. The van der Waals surface area contributed by atoms with Crippen LogP contribution in [0.25, 0.3) is 22.2 Å². The van der Waals surface area contributed by atoms with E-state index in [1.807, 2.05) is 48.7 Å². The number of carbonyl (C=O) groups excluding carboxylic acids is 2. The van der Waals surface area contributed by atoms with Gasteiger partial charge in [-0.2, -0.15) is 0 Å². The summed E-state index contributed by atoms with van der Waals surface area (Å²) in [4.78, 5) is 38.5. The number of hydrogen-bond donors (Lipinski definition) is 1. The Labute approximate surface area is 230 Å². The second-order valence-corrected chi connectivity index (χ2v) is 10.6. The van der Waals surface area contributed by atoms with E-state index < -0.39 is 18.0 Å². The zero-order chi connectivity index (χ0) is 26.6. The number of fused-ring (bicyclic) bond motifs is 2. The quantitative estimate of drug-likeness (QED) is 0.258. The number of para-hydroxylation sites is 1. The maximum absolute atomic E-state index is 13.7. The molecule has 0 spiro atoms. The fraction of sp³-hybridized carbons (Fsp3) is 0.310. The van der Waals surface area contributed by atoms with Crippen LogP contribution >= 0.6 is 22.9 Å². The first-order valence-corrected chi connectivity index (χ1v) is 14.1. The van der Waals surface area contributed by atoms with Crippen LogP contribution in [-0.4, -0.2) is 45.9 Å². The van der Waals surface area contributed by atoms with Crippen LogP contribution < -0.4 is 5.32 Å². The van der Waals surface area contributed by atoms with Crippen molar-refractivity contribution in [1.82, 2.24) is 14.9 Å². The Bertz CT molecular complexity index is 1470. The largest absolute Gasteiger partial charge is 0.449 e. The van der Waals surface area contributed by atoms with Crippen LogP contribution in [0.2, 0.25) is 5.02 Å². The lowest BCUT2D eigenvalue weighted by Gasteiger charge is -2.29. The highest BCUT2D eigenvalue weighted by Crippen LogP contribution is 2.30. The Morgan fingerprint density at radius 2 is 1.92 bits per heavy atom. The summed E-state index contributed by atoms with van der Waals surface area (Å²) in [6, 6.07) is 15.0. The lowest BCUT2D eigenvalue weighted by Crippen LogP contribution is -2.35. The minimum atomic E-state index is -0.955. The highest BCUT2D eigenvalue weighted by molar-refractivity contribution is 7.14. The first kappa shape index (κ1) is 26.3. The van der Waals surface area contributed by atoms with E-state index in [1.54, 1.807) is 12.1 Å². The number of ether oxygens (including phenoxy) is 1. The van der Waals surface area contributed by atoms with Crippen molar-refractivity contribution in [2.75, 3.05) is 18.4 Å². The van der Waals surface area contributed by atoms with Gasteiger partial charge in [0.25, 0.3) is 5.91 Å². The van der Waals surface area contributed by atoms with Crippen LogP contribution in [0, 0.1) is 0 Å². The van der Waals surface area contributed by atoms with Crippen LogP contribution in [0.3, 0.4) is 0 Å². The summed E-state index contributed by atoms with van der Waals surface area (Å²) in [5.41, 5.74) is 4.73. The minimum absolute atomic E-state index is 0.333. The van der Waals surface area contributed by atoms with Crippen molar-refractivity contribution in [2.24, 2.45) is 0 Å². The molecule has 5 rings (SSSR count). The highest BCUT2D eigenvalue weighted by Gasteiger charge is 2.29. The van der Waals surface area contributed by atoms with Crippen molar-refractivity contribution >= 4 is 50.8 Å². The van der Waals surface area contributed by atoms with Gasteiger partial charge in [-0.3, -0.25) is 20.0 Å². The molecule has 1 N–H and O–H groups in total. The third kappa shape index (κ3) is 5.57. The van der Waals surface area contributed by atoms with Crippen molar-refractivity contribution < 1.29 is 14.3 Å². The van der Waals surface area contributed by atoms with Gasteiger partial charge < -0.3 is 4.74 Å². The number of nitrogens with zero attached hydrogens (tertiary/aromatic N) is 3. The Morgan fingerprint density at radius 1 is 1.13 bits per heavy atom. The molecule has 7 nitrogen and oxygen atoms in total. The number of thiazole rings is 1. The number of nitrogens with one attached hydrogen (secondary N) is 1. The van der Waals surface area contributed by atoms with Gasteiger partial charge in [0.05, 0.1) is 16.8 Å². The van der Waals surface area contributed by atoms with Gasteiger partial charge in [-0.15, -0.1) is 11.3 Å². The van der Waals surface area contributed by atoms with Gasteiger partial charge in [0.1, 0.15) is 0 Å². The molecule has 1 amide bonds. The number of pyridine rings is 1. The summed E-state index contributed by atoms with van der Waals surface area (Å²) < 4.78 is 5.86. The molecular weight excluding hydrogens is 520 g/mol. The Morgan fingerprint density at radius 3 is 2.68 bits per heavy atom. The number of halogens is 1. The first-order valence-electron chi connectivity index (χ1n) is 12.8. The SMILES string of the molecule is CCCN1CCc2nc3ccccc3c(C(=O)OC(CC)C(=O)Nc3nc(-c4ccc(Cl)cc4)cs3)c2C1. The lowest BCUT2D eigenvalue weighted by atomic mass is 9.95. The summed E-state index contributed by atoms with van der Waals surface area (Å²) in [6.07, 6.45) is 1.19. The van der Waals surface area contributed by atoms with Crippen LogP contribution in [-0.2, 0) is 22.5 Å². The van der Waals surface area contributed by atoms with Crippen molar-refractivity contribution in [1.29, 1.82) is 0 Å². The number of hydrogen-bond acceptors (Lipinski definition) is 7. The topological polar surface area (TPSA) is 84.4 Å². The molecule has 196 valence electrons. The highest BCUT2D eigenvalue weighted by atomic mass is 35.5. The maximum atomic E-state index is 13.7. The van der Waals surface area contributed by atoms with Crippen molar-refractivity contribution in [2.45, 2.75) is 45.8 Å². The zero-order valence-corrected chi connectivity index (χ0v) is 22.9. The van der Waals surface area contributed by atoms with Gasteiger partial charge in [-0.1, -0.05) is 55.8 Å². The maximum Gasteiger partial charge on any atom is 0.340 e.